The van der Waals surface area contributed by atoms with Gasteiger partial charge in [0.05, 0.1) is 27.8 Å². The Kier molecular flexibility index (Phi) is 9.58. The number of nitriles is 5. The summed E-state index contributed by atoms with van der Waals surface area (Å²) in [4.78, 5) is 0. The normalized spacial score (nSPS) is 15.5. The van der Waals surface area contributed by atoms with Crippen molar-refractivity contribution in [2.45, 2.75) is 12.4 Å². The molecular formula is C31F17N5. The van der Waals surface area contributed by atoms with Gasteiger partial charge in [-0.3, -0.25) is 0 Å². The van der Waals surface area contributed by atoms with E-state index < -0.39 is 149 Å². The van der Waals surface area contributed by atoms with Crippen LogP contribution in [0.4, 0.5) is 74.6 Å². The zero-order chi connectivity index (χ0) is 40.4. The largest absolute Gasteiger partial charge is 0.422 e. The van der Waals surface area contributed by atoms with Crippen LogP contribution in [0.5, 0.6) is 0 Å². The average molecular weight is 765 g/mol. The van der Waals surface area contributed by atoms with E-state index in [1.165, 1.54) is 0 Å². The topological polar surface area (TPSA) is 119 Å². The molecule has 1 aliphatic rings. The lowest BCUT2D eigenvalue weighted by atomic mass is 9.93. The molecule has 0 atom stereocenters. The van der Waals surface area contributed by atoms with Gasteiger partial charge in [-0.1, -0.05) is 0 Å². The van der Waals surface area contributed by atoms with Crippen LogP contribution in [0, 0.1) is 121 Å². The quantitative estimate of drug-likeness (QED) is 0.150. The third-order valence-corrected chi connectivity index (χ3v) is 7.16. The Labute approximate surface area is 280 Å². The van der Waals surface area contributed by atoms with Gasteiger partial charge in [0, 0.05) is 22.3 Å². The van der Waals surface area contributed by atoms with Crippen molar-refractivity contribution in [2.24, 2.45) is 0 Å². The summed E-state index contributed by atoms with van der Waals surface area (Å²) in [6.07, 6.45) is -13.0. The molecule has 0 heterocycles. The highest BCUT2D eigenvalue weighted by molar-refractivity contribution is 6.12. The van der Waals surface area contributed by atoms with Crippen LogP contribution in [-0.4, -0.2) is 0 Å². The fourth-order valence-corrected chi connectivity index (χ4v) is 4.96. The monoisotopic (exact) mass is 765 g/mol. The number of halogens is 17. The molecule has 1 fully saturated rings. The van der Waals surface area contributed by atoms with Crippen LogP contribution in [0.1, 0.15) is 38.9 Å². The Bertz CT molecular complexity index is 2360. The Hall–Kier alpha value is -6.86. The summed E-state index contributed by atoms with van der Waals surface area (Å²) in [6.45, 7) is 0. The number of benzene rings is 3. The molecule has 1 aliphatic carbocycles. The zero-order valence-corrected chi connectivity index (χ0v) is 24.2. The van der Waals surface area contributed by atoms with Crippen LogP contribution in [0.25, 0.3) is 16.7 Å². The highest BCUT2D eigenvalue weighted by Crippen LogP contribution is 2.58. The van der Waals surface area contributed by atoms with E-state index in [1.54, 1.807) is 0 Å². The van der Waals surface area contributed by atoms with Gasteiger partial charge in [-0.2, -0.15) is 52.7 Å². The maximum atomic E-state index is 15.3. The molecule has 53 heavy (non-hydrogen) atoms. The van der Waals surface area contributed by atoms with Gasteiger partial charge in [-0.15, -0.1) is 0 Å². The van der Waals surface area contributed by atoms with Crippen LogP contribution < -0.4 is 0 Å². The molecule has 0 bridgehead atoms. The molecule has 0 unspecified atom stereocenters. The van der Waals surface area contributed by atoms with Crippen molar-refractivity contribution >= 4 is 16.7 Å². The highest BCUT2D eigenvalue weighted by Gasteiger charge is 2.51. The Morgan fingerprint density at radius 3 is 0.849 bits per heavy atom. The van der Waals surface area contributed by atoms with Gasteiger partial charge in [0.1, 0.15) is 52.6 Å². The molecule has 3 aromatic carbocycles. The van der Waals surface area contributed by atoms with Crippen molar-refractivity contribution in [1.82, 2.24) is 0 Å². The van der Waals surface area contributed by atoms with Crippen molar-refractivity contribution < 1.29 is 74.6 Å². The number of hydrogen-bond acceptors (Lipinski definition) is 5. The van der Waals surface area contributed by atoms with E-state index in [0.29, 0.717) is 18.2 Å². The highest BCUT2D eigenvalue weighted by atomic mass is 19.4. The lowest BCUT2D eigenvalue weighted by Crippen LogP contribution is -2.22. The molecular weight excluding hydrogens is 765 g/mol. The second-order valence-electron chi connectivity index (χ2n) is 9.88. The minimum atomic E-state index is -6.56. The third-order valence-electron chi connectivity index (χ3n) is 7.16. The smallest absolute Gasteiger partial charge is 0.206 e. The fraction of sp³-hybridized carbons (Fsp3) is 0.0645. The van der Waals surface area contributed by atoms with Crippen molar-refractivity contribution in [2.75, 3.05) is 0 Å². The SMILES string of the molecule is N#CC(=C1C(=C(/C#N)c2c(F)c(F)c(C#N)c(F)c2F)/C1=C(/C#N)c1c(F)c(F)c(C#N)c(F)c1F)c1c(F)c(F)c(C(F)(F)F)c(F)c1C(F)(F)F. The second kappa shape index (κ2) is 13.0. The van der Waals surface area contributed by atoms with E-state index in [-0.39, 0.29) is 0 Å². The number of nitrogens with zero attached hydrogens (tertiary/aromatic N) is 5. The summed E-state index contributed by atoms with van der Waals surface area (Å²) in [5.41, 5.74) is -30.5. The summed E-state index contributed by atoms with van der Waals surface area (Å²) in [7, 11) is 0. The van der Waals surface area contributed by atoms with E-state index in [2.05, 4.69) is 0 Å². The van der Waals surface area contributed by atoms with Crippen molar-refractivity contribution in [3.63, 3.8) is 0 Å². The molecule has 0 aromatic heterocycles. The minimum Gasteiger partial charge on any atom is -0.206 e. The molecule has 4 rings (SSSR count). The maximum absolute atomic E-state index is 15.3. The molecule has 268 valence electrons. The Morgan fingerprint density at radius 2 is 0.604 bits per heavy atom. The molecule has 0 aliphatic heterocycles. The second-order valence-corrected chi connectivity index (χ2v) is 9.88. The van der Waals surface area contributed by atoms with Crippen molar-refractivity contribution in [3.05, 3.63) is 120 Å². The number of hydrogen-bond donors (Lipinski definition) is 0. The molecule has 0 spiro atoms. The minimum absolute atomic E-state index is 0.588. The lowest BCUT2D eigenvalue weighted by molar-refractivity contribution is -0.150. The summed E-state index contributed by atoms with van der Waals surface area (Å²) in [6, 6.07) is 3.44. The van der Waals surface area contributed by atoms with Crippen LogP contribution in [0.2, 0.25) is 0 Å². The molecule has 22 heteroatoms. The molecule has 1 saturated carbocycles. The van der Waals surface area contributed by atoms with Gasteiger partial charge in [-0.25, -0.2) is 48.3 Å². The third kappa shape index (κ3) is 5.72. The van der Waals surface area contributed by atoms with Crippen LogP contribution in [0.3, 0.4) is 0 Å². The number of alkyl halides is 6. The van der Waals surface area contributed by atoms with E-state index in [9.17, 15) is 68.5 Å². The van der Waals surface area contributed by atoms with E-state index in [0.717, 1.165) is 12.1 Å². The fourth-order valence-electron chi connectivity index (χ4n) is 4.96. The Balaban J connectivity index is 2.45. The summed E-state index contributed by atoms with van der Waals surface area (Å²) >= 11 is 0. The first-order valence-corrected chi connectivity index (χ1v) is 12.8. The van der Waals surface area contributed by atoms with E-state index in [1.807, 2.05) is 0 Å². The predicted molar refractivity (Wildman–Crippen MR) is 136 cm³/mol. The van der Waals surface area contributed by atoms with Gasteiger partial charge in [0.25, 0.3) is 0 Å². The standard InChI is InChI=1S/C31F17N5/c32-19-9(4-52)20(33)25(38)15(24(19)37)7(2-50)12-11(13(12)8(3-51)16-26(39)21(34)10(5-53)22(35)27(16)40)6(1-49)14-17(30(43,44)45)28(41)18(31(46,47)48)29(42)23(14)36/b11-6?,12-7-,13-8+. The lowest BCUT2D eigenvalue weighted by Gasteiger charge is -2.19. The molecule has 0 amide bonds. The van der Waals surface area contributed by atoms with Gasteiger partial charge in [0.15, 0.2) is 64.0 Å². The summed E-state index contributed by atoms with van der Waals surface area (Å²) < 4.78 is 246. The molecule has 0 saturated heterocycles. The van der Waals surface area contributed by atoms with Crippen LogP contribution in [-0.2, 0) is 12.4 Å². The number of rotatable bonds is 3. The number of allylic oxidation sites excluding steroid dienone is 6. The first kappa shape index (κ1) is 38.9. The van der Waals surface area contributed by atoms with Gasteiger partial charge < -0.3 is 0 Å². The Morgan fingerprint density at radius 1 is 0.340 bits per heavy atom. The average Bonchev–Trinajstić information content (AvgIpc) is 3.78. The first-order chi connectivity index (χ1) is 24.5. The van der Waals surface area contributed by atoms with Gasteiger partial charge in [0.2, 0.25) is 0 Å². The zero-order valence-electron chi connectivity index (χ0n) is 24.2. The predicted octanol–water partition coefficient (Wildman–Crippen LogP) is 9.24. The summed E-state index contributed by atoms with van der Waals surface area (Å²) in [5.74, 6) is -31.9. The first-order valence-electron chi connectivity index (χ1n) is 12.8. The van der Waals surface area contributed by atoms with Crippen LogP contribution >= 0.6 is 0 Å². The van der Waals surface area contributed by atoms with E-state index in [4.69, 9.17) is 10.5 Å². The maximum Gasteiger partial charge on any atom is 0.422 e. The van der Waals surface area contributed by atoms with Gasteiger partial charge in [-0.05, 0) is 0 Å². The summed E-state index contributed by atoms with van der Waals surface area (Å²) in [5, 5.41) is 47.0. The molecule has 0 N–H and O–H groups in total. The van der Waals surface area contributed by atoms with Crippen molar-refractivity contribution in [3.8, 4) is 30.3 Å². The van der Waals surface area contributed by atoms with Crippen molar-refractivity contribution in [1.29, 1.82) is 26.3 Å². The molecule has 3 aromatic rings. The van der Waals surface area contributed by atoms with Gasteiger partial charge >= 0.3 is 12.4 Å². The van der Waals surface area contributed by atoms with Crippen LogP contribution in [0.15, 0.2) is 16.7 Å². The van der Waals surface area contributed by atoms with E-state index >= 15 is 22.0 Å². The molecule has 5 nitrogen and oxygen atoms in total. The molecule has 0 radical (unpaired) electrons.